The molecule has 2 N–H and O–H groups in total. The Morgan fingerprint density at radius 1 is 1.44 bits per heavy atom. The van der Waals surface area contributed by atoms with Gasteiger partial charge in [-0.25, -0.2) is 9.78 Å². The zero-order valence-corrected chi connectivity index (χ0v) is 8.91. The van der Waals surface area contributed by atoms with Gasteiger partial charge >= 0.3 is 5.97 Å². The molecule has 0 radical (unpaired) electrons. The minimum atomic E-state index is -1.06. The van der Waals surface area contributed by atoms with Gasteiger partial charge in [-0.05, 0) is 30.9 Å². The highest BCUT2D eigenvalue weighted by molar-refractivity contribution is 5.98. The van der Waals surface area contributed by atoms with Gasteiger partial charge in [-0.2, -0.15) is 0 Å². The highest BCUT2D eigenvalue weighted by atomic mass is 16.4. The van der Waals surface area contributed by atoms with E-state index in [1.165, 1.54) is 6.92 Å². The normalized spacial score (nSPS) is 13.3. The number of aromatic nitrogens is 1. The lowest BCUT2D eigenvalue weighted by Crippen LogP contribution is -2.13. The Hall–Kier alpha value is -1.91. The van der Waals surface area contributed by atoms with E-state index in [0.29, 0.717) is 0 Å². The summed E-state index contributed by atoms with van der Waals surface area (Å²) in [6, 6.07) is 1.61. The Balaban J connectivity index is 2.48. The molecular formula is C11H12N2O3. The number of rotatable bonds is 2. The monoisotopic (exact) mass is 220 g/mol. The van der Waals surface area contributed by atoms with Crippen LogP contribution in [0.4, 0.5) is 5.82 Å². The predicted molar refractivity (Wildman–Crippen MR) is 57.5 cm³/mol. The molecule has 0 saturated heterocycles. The highest BCUT2D eigenvalue weighted by Crippen LogP contribution is 2.25. The van der Waals surface area contributed by atoms with Gasteiger partial charge in [0.2, 0.25) is 5.91 Å². The summed E-state index contributed by atoms with van der Waals surface area (Å²) in [4.78, 5) is 26.2. The molecule has 0 aliphatic heterocycles. The van der Waals surface area contributed by atoms with Crippen LogP contribution in [0, 0.1) is 0 Å². The summed E-state index contributed by atoms with van der Waals surface area (Å²) in [5, 5.41) is 11.5. The maximum atomic E-state index is 11.0. The van der Waals surface area contributed by atoms with Crippen LogP contribution in [0.2, 0.25) is 0 Å². The quantitative estimate of drug-likeness (QED) is 0.785. The Labute approximate surface area is 92.5 Å². The number of nitrogens with zero attached hydrogens (tertiary/aromatic N) is 1. The molecule has 1 heterocycles. The molecule has 1 aliphatic carbocycles. The van der Waals surface area contributed by atoms with Gasteiger partial charge in [0.05, 0.1) is 0 Å². The van der Waals surface area contributed by atoms with Crippen molar-refractivity contribution < 1.29 is 14.7 Å². The van der Waals surface area contributed by atoms with Crippen molar-refractivity contribution in [3.05, 3.63) is 22.9 Å². The van der Waals surface area contributed by atoms with Gasteiger partial charge in [-0.3, -0.25) is 4.79 Å². The van der Waals surface area contributed by atoms with Crippen LogP contribution in [0.1, 0.15) is 35.0 Å². The maximum Gasteiger partial charge on any atom is 0.339 e. The number of hydrogen-bond acceptors (Lipinski definition) is 3. The van der Waals surface area contributed by atoms with E-state index in [4.69, 9.17) is 5.11 Å². The van der Waals surface area contributed by atoms with E-state index >= 15 is 0 Å². The zero-order chi connectivity index (χ0) is 11.7. The number of carboxylic acid groups (broad SMARTS) is 1. The lowest BCUT2D eigenvalue weighted by Gasteiger charge is -2.08. The summed E-state index contributed by atoms with van der Waals surface area (Å²) >= 11 is 0. The van der Waals surface area contributed by atoms with Crippen LogP contribution in [0.3, 0.4) is 0 Å². The summed E-state index contributed by atoms with van der Waals surface area (Å²) < 4.78 is 0. The number of carbonyl (C=O) groups is 2. The summed E-state index contributed by atoms with van der Waals surface area (Å²) in [5.41, 5.74) is 1.94. The van der Waals surface area contributed by atoms with Crippen LogP contribution in [0.25, 0.3) is 0 Å². The maximum absolute atomic E-state index is 11.0. The number of nitrogens with one attached hydrogen (secondary N) is 1. The van der Waals surface area contributed by atoms with Gasteiger partial charge in [0.15, 0.2) is 0 Å². The van der Waals surface area contributed by atoms with E-state index in [-0.39, 0.29) is 17.3 Å². The van der Waals surface area contributed by atoms with Crippen molar-refractivity contribution in [2.75, 3.05) is 5.32 Å². The van der Waals surface area contributed by atoms with Crippen molar-refractivity contribution >= 4 is 17.7 Å². The van der Waals surface area contributed by atoms with Gasteiger partial charge < -0.3 is 10.4 Å². The molecule has 0 fully saturated rings. The number of carboxylic acids is 1. The second-order valence-electron chi connectivity index (χ2n) is 3.83. The first-order chi connectivity index (χ1) is 7.58. The number of hydrogen-bond donors (Lipinski definition) is 2. The van der Waals surface area contributed by atoms with E-state index in [1.807, 2.05) is 0 Å². The average Bonchev–Trinajstić information content (AvgIpc) is 2.62. The lowest BCUT2D eigenvalue weighted by molar-refractivity contribution is -0.114. The third-order valence-corrected chi connectivity index (χ3v) is 2.58. The van der Waals surface area contributed by atoms with E-state index in [1.54, 1.807) is 6.07 Å². The molecule has 16 heavy (non-hydrogen) atoms. The molecular weight excluding hydrogens is 208 g/mol. The number of fused-ring (bicyclic) bond motifs is 1. The second-order valence-corrected chi connectivity index (χ2v) is 3.83. The summed E-state index contributed by atoms with van der Waals surface area (Å²) in [7, 11) is 0. The van der Waals surface area contributed by atoms with Crippen molar-refractivity contribution in [3.63, 3.8) is 0 Å². The topological polar surface area (TPSA) is 79.3 Å². The van der Waals surface area contributed by atoms with Crippen LogP contribution in [0.15, 0.2) is 6.07 Å². The molecule has 84 valence electrons. The molecule has 0 spiro atoms. The fourth-order valence-electron chi connectivity index (χ4n) is 1.90. The Morgan fingerprint density at radius 2 is 2.19 bits per heavy atom. The van der Waals surface area contributed by atoms with Gasteiger partial charge in [0.25, 0.3) is 0 Å². The van der Waals surface area contributed by atoms with Crippen LogP contribution in [-0.4, -0.2) is 22.0 Å². The van der Waals surface area contributed by atoms with E-state index in [2.05, 4.69) is 10.3 Å². The molecule has 0 atom stereocenters. The largest absolute Gasteiger partial charge is 0.478 e. The average molecular weight is 220 g/mol. The standard InChI is InChI=1S/C11H12N2O3/c1-6(14)12-10-8(11(15)16)5-7-3-2-4-9(7)13-10/h5H,2-4H2,1H3,(H,15,16)(H,12,13,14). The first-order valence-corrected chi connectivity index (χ1v) is 5.11. The van der Waals surface area contributed by atoms with Crippen molar-refractivity contribution in [2.24, 2.45) is 0 Å². The smallest absolute Gasteiger partial charge is 0.339 e. The second kappa shape index (κ2) is 3.92. The van der Waals surface area contributed by atoms with Crippen LogP contribution < -0.4 is 5.32 Å². The molecule has 5 heteroatoms. The van der Waals surface area contributed by atoms with Crippen molar-refractivity contribution in [3.8, 4) is 0 Å². The van der Waals surface area contributed by atoms with E-state index < -0.39 is 5.97 Å². The molecule has 1 amide bonds. The Bertz CT molecular complexity index is 469. The number of pyridine rings is 1. The minimum absolute atomic E-state index is 0.0656. The molecule has 2 rings (SSSR count). The number of aryl methyl sites for hydroxylation is 2. The number of carbonyl (C=O) groups excluding carboxylic acids is 1. The number of amides is 1. The fraction of sp³-hybridized carbons (Fsp3) is 0.364. The van der Waals surface area contributed by atoms with Crippen LogP contribution in [0.5, 0.6) is 0 Å². The number of aromatic carboxylic acids is 1. The van der Waals surface area contributed by atoms with Crippen LogP contribution >= 0.6 is 0 Å². The van der Waals surface area contributed by atoms with Gasteiger partial charge in [-0.15, -0.1) is 0 Å². The predicted octanol–water partition coefficient (Wildman–Crippen LogP) is 1.23. The molecule has 0 unspecified atom stereocenters. The van der Waals surface area contributed by atoms with Gasteiger partial charge in [0, 0.05) is 12.6 Å². The van der Waals surface area contributed by atoms with E-state index in [0.717, 1.165) is 30.5 Å². The summed E-state index contributed by atoms with van der Waals surface area (Å²) in [5.74, 6) is -1.22. The van der Waals surface area contributed by atoms with Gasteiger partial charge in [0.1, 0.15) is 11.4 Å². The van der Waals surface area contributed by atoms with Crippen LogP contribution in [-0.2, 0) is 17.6 Å². The first-order valence-electron chi connectivity index (χ1n) is 5.11. The van der Waals surface area contributed by atoms with Crippen molar-refractivity contribution in [1.82, 2.24) is 4.98 Å². The molecule has 1 aromatic rings. The molecule has 5 nitrogen and oxygen atoms in total. The molecule has 0 saturated carbocycles. The molecule has 1 aromatic heterocycles. The molecule has 0 aromatic carbocycles. The lowest BCUT2D eigenvalue weighted by atomic mass is 10.1. The zero-order valence-electron chi connectivity index (χ0n) is 8.91. The van der Waals surface area contributed by atoms with E-state index in [9.17, 15) is 9.59 Å². The van der Waals surface area contributed by atoms with Crippen molar-refractivity contribution in [1.29, 1.82) is 0 Å². The Morgan fingerprint density at radius 3 is 2.81 bits per heavy atom. The Kier molecular flexibility index (Phi) is 2.60. The minimum Gasteiger partial charge on any atom is -0.478 e. The summed E-state index contributed by atoms with van der Waals surface area (Å²) in [6.07, 6.45) is 2.70. The van der Waals surface area contributed by atoms with Crippen molar-refractivity contribution in [2.45, 2.75) is 26.2 Å². The summed E-state index contributed by atoms with van der Waals surface area (Å²) in [6.45, 7) is 1.33. The molecule has 1 aliphatic rings. The fourth-order valence-corrected chi connectivity index (χ4v) is 1.90. The SMILES string of the molecule is CC(=O)Nc1nc2c(cc1C(=O)O)CCC2. The third kappa shape index (κ3) is 1.88. The third-order valence-electron chi connectivity index (χ3n) is 2.58. The van der Waals surface area contributed by atoms with Gasteiger partial charge in [-0.1, -0.05) is 0 Å². The highest BCUT2D eigenvalue weighted by Gasteiger charge is 2.20. The number of anilines is 1. The first kappa shape index (κ1) is 10.6. The molecule has 0 bridgehead atoms.